The molecule has 0 saturated carbocycles. The fourth-order valence-electron chi connectivity index (χ4n) is 3.25. The summed E-state index contributed by atoms with van der Waals surface area (Å²) in [5.74, 6) is -0.787. The molecule has 1 aromatic carbocycles. The molecule has 0 saturated heterocycles. The second-order valence-corrected chi connectivity index (χ2v) is 6.08. The van der Waals surface area contributed by atoms with Crippen molar-refractivity contribution in [1.29, 1.82) is 0 Å². The summed E-state index contributed by atoms with van der Waals surface area (Å²) in [6, 6.07) is 5.53. The summed E-state index contributed by atoms with van der Waals surface area (Å²) in [5, 5.41) is 26.5. The number of aryl methyl sites for hydroxylation is 1. The Morgan fingerprint density at radius 1 is 1.30 bits per heavy atom. The number of hydrogen-bond donors (Lipinski definition) is 3. The van der Waals surface area contributed by atoms with Gasteiger partial charge in [0.05, 0.1) is 5.69 Å². The first-order valence-electron chi connectivity index (χ1n) is 7.83. The van der Waals surface area contributed by atoms with E-state index >= 15 is 0 Å². The van der Waals surface area contributed by atoms with Gasteiger partial charge in [0.1, 0.15) is 11.8 Å². The number of nitrogens with one attached hydrogen (secondary N) is 1. The van der Waals surface area contributed by atoms with Crippen molar-refractivity contribution in [2.75, 3.05) is 7.05 Å². The van der Waals surface area contributed by atoms with Crippen LogP contribution in [0.5, 0.6) is 5.75 Å². The van der Waals surface area contributed by atoms with E-state index in [-0.39, 0.29) is 5.75 Å². The molecule has 6 heteroatoms. The number of nitrogens with zero attached hydrogens (tertiary/aromatic N) is 2. The molecule has 1 heterocycles. The number of likely N-dealkylation sites (N-methyl/N-ethyl adjacent to an activating group) is 1. The third kappa shape index (κ3) is 3.22. The van der Waals surface area contributed by atoms with Crippen molar-refractivity contribution in [2.45, 2.75) is 38.3 Å². The molecule has 2 aromatic rings. The van der Waals surface area contributed by atoms with Gasteiger partial charge in [-0.2, -0.15) is 5.10 Å². The zero-order valence-electron chi connectivity index (χ0n) is 13.1. The lowest BCUT2D eigenvalue weighted by Crippen LogP contribution is -2.31. The van der Waals surface area contributed by atoms with Crippen molar-refractivity contribution >= 4 is 5.97 Å². The minimum atomic E-state index is -0.914. The van der Waals surface area contributed by atoms with Crippen LogP contribution in [-0.2, 0) is 24.2 Å². The minimum absolute atomic E-state index is 0.127. The van der Waals surface area contributed by atoms with Gasteiger partial charge in [-0.25, -0.2) is 0 Å². The van der Waals surface area contributed by atoms with Gasteiger partial charge in [0.15, 0.2) is 0 Å². The predicted molar refractivity (Wildman–Crippen MR) is 85.2 cm³/mol. The van der Waals surface area contributed by atoms with Crippen molar-refractivity contribution in [2.24, 2.45) is 0 Å². The van der Waals surface area contributed by atoms with Gasteiger partial charge in [0.2, 0.25) is 0 Å². The zero-order chi connectivity index (χ0) is 16.4. The van der Waals surface area contributed by atoms with Gasteiger partial charge in [-0.1, -0.05) is 12.1 Å². The van der Waals surface area contributed by atoms with Crippen LogP contribution in [0.4, 0.5) is 0 Å². The van der Waals surface area contributed by atoms with Crippen molar-refractivity contribution in [1.82, 2.24) is 15.1 Å². The van der Waals surface area contributed by atoms with E-state index in [1.807, 2.05) is 0 Å². The minimum Gasteiger partial charge on any atom is -0.508 e. The highest BCUT2D eigenvalue weighted by Gasteiger charge is 2.27. The van der Waals surface area contributed by atoms with Gasteiger partial charge >= 0.3 is 5.97 Å². The Kier molecular flexibility index (Phi) is 4.34. The fourth-order valence-corrected chi connectivity index (χ4v) is 3.25. The number of carboxylic acid groups (broad SMARTS) is 1. The van der Waals surface area contributed by atoms with Crippen LogP contribution < -0.4 is 0 Å². The van der Waals surface area contributed by atoms with Gasteiger partial charge in [-0.05, 0) is 56.0 Å². The number of carboxylic acids is 1. The number of fused-ring (bicyclic) bond motifs is 1. The lowest BCUT2D eigenvalue weighted by atomic mass is 9.95. The second-order valence-electron chi connectivity index (χ2n) is 6.08. The number of H-pyrrole nitrogens is 1. The number of rotatable bonds is 5. The summed E-state index contributed by atoms with van der Waals surface area (Å²) in [7, 11) is 1.79. The van der Waals surface area contributed by atoms with Crippen LogP contribution in [0.1, 0.15) is 41.4 Å². The van der Waals surface area contributed by atoms with Crippen molar-refractivity contribution in [3.63, 3.8) is 0 Å². The van der Waals surface area contributed by atoms with Crippen LogP contribution in [0.3, 0.4) is 0 Å². The highest BCUT2D eigenvalue weighted by molar-refractivity contribution is 5.75. The highest BCUT2D eigenvalue weighted by atomic mass is 16.4. The molecule has 1 atom stereocenters. The number of aromatic nitrogens is 2. The third-order valence-electron chi connectivity index (χ3n) is 4.42. The molecule has 0 fully saturated rings. The summed E-state index contributed by atoms with van der Waals surface area (Å²) in [6.45, 7) is 0.476. The molecule has 1 aliphatic rings. The van der Waals surface area contributed by atoms with Gasteiger partial charge in [0, 0.05) is 12.2 Å². The summed E-state index contributed by atoms with van der Waals surface area (Å²) in [4.78, 5) is 13.5. The Labute approximate surface area is 134 Å². The number of hydrogen-bond acceptors (Lipinski definition) is 4. The van der Waals surface area contributed by atoms with E-state index in [1.165, 1.54) is 29.8 Å². The maximum Gasteiger partial charge on any atom is 0.325 e. The molecule has 3 N–H and O–H groups in total. The number of aliphatic carboxylic acids is 1. The van der Waals surface area contributed by atoms with E-state index in [4.69, 9.17) is 0 Å². The van der Waals surface area contributed by atoms with Crippen LogP contribution >= 0.6 is 0 Å². The molecule has 0 bridgehead atoms. The van der Waals surface area contributed by atoms with E-state index in [0.29, 0.717) is 12.1 Å². The first kappa shape index (κ1) is 15.6. The Balaban J connectivity index is 1.82. The van der Waals surface area contributed by atoms with Crippen LogP contribution in [0.15, 0.2) is 24.3 Å². The standard InChI is InChI=1S/C17H21N3O3/c1-20(10-15-13-4-2-3-5-14(13)18-19-15)16(17(22)23)11-6-8-12(21)9-7-11/h6-9,16,21H,2-5,10H2,1H3,(H,18,19)(H,22,23). The smallest absolute Gasteiger partial charge is 0.325 e. The number of aromatic amines is 1. The molecule has 6 nitrogen and oxygen atoms in total. The zero-order valence-corrected chi connectivity index (χ0v) is 13.1. The van der Waals surface area contributed by atoms with E-state index in [9.17, 15) is 15.0 Å². The number of phenols is 1. The number of aromatic hydroxyl groups is 1. The lowest BCUT2D eigenvalue weighted by Gasteiger charge is -2.25. The Hall–Kier alpha value is -2.34. The molecule has 0 amide bonds. The Morgan fingerprint density at radius 3 is 2.70 bits per heavy atom. The molecule has 122 valence electrons. The monoisotopic (exact) mass is 315 g/mol. The van der Waals surface area contributed by atoms with Gasteiger partial charge < -0.3 is 10.2 Å². The number of benzene rings is 1. The summed E-state index contributed by atoms with van der Waals surface area (Å²) >= 11 is 0. The highest BCUT2D eigenvalue weighted by Crippen LogP contribution is 2.27. The Morgan fingerprint density at radius 2 is 2.00 bits per heavy atom. The largest absolute Gasteiger partial charge is 0.508 e. The maximum atomic E-state index is 11.7. The van der Waals surface area contributed by atoms with Gasteiger partial charge in [-0.3, -0.25) is 14.8 Å². The third-order valence-corrected chi connectivity index (χ3v) is 4.42. The lowest BCUT2D eigenvalue weighted by molar-refractivity contribution is -0.143. The van der Waals surface area contributed by atoms with E-state index < -0.39 is 12.0 Å². The summed E-state index contributed by atoms with van der Waals surface area (Å²) in [6.07, 6.45) is 4.36. The summed E-state index contributed by atoms with van der Waals surface area (Å²) in [5.41, 5.74) is 4.02. The number of carbonyl (C=O) groups is 1. The van der Waals surface area contributed by atoms with Crippen molar-refractivity contribution in [3.8, 4) is 5.75 Å². The van der Waals surface area contributed by atoms with E-state index in [0.717, 1.165) is 25.0 Å². The molecule has 0 radical (unpaired) electrons. The molecule has 1 aliphatic carbocycles. The molecular weight excluding hydrogens is 294 g/mol. The predicted octanol–water partition coefficient (Wildman–Crippen LogP) is 2.25. The molecule has 23 heavy (non-hydrogen) atoms. The first-order chi connectivity index (χ1) is 11.1. The topological polar surface area (TPSA) is 89.5 Å². The molecule has 0 aliphatic heterocycles. The molecule has 1 aromatic heterocycles. The Bertz CT molecular complexity index is 694. The first-order valence-corrected chi connectivity index (χ1v) is 7.83. The molecular formula is C17H21N3O3. The van der Waals surface area contributed by atoms with Crippen LogP contribution in [-0.4, -0.2) is 38.3 Å². The van der Waals surface area contributed by atoms with Crippen LogP contribution in [0.25, 0.3) is 0 Å². The van der Waals surface area contributed by atoms with Gasteiger partial charge in [-0.15, -0.1) is 0 Å². The molecule has 0 spiro atoms. The molecule has 1 unspecified atom stereocenters. The quantitative estimate of drug-likeness (QED) is 0.787. The summed E-state index contributed by atoms with van der Waals surface area (Å²) < 4.78 is 0. The molecule has 3 rings (SSSR count). The average molecular weight is 315 g/mol. The van der Waals surface area contributed by atoms with Gasteiger partial charge in [0.25, 0.3) is 0 Å². The van der Waals surface area contributed by atoms with Crippen LogP contribution in [0.2, 0.25) is 0 Å². The SMILES string of the molecule is CN(Cc1n[nH]c2c1CCCC2)C(C(=O)O)c1ccc(O)cc1. The number of phenolic OH excluding ortho intramolecular Hbond substituents is 1. The van der Waals surface area contributed by atoms with Crippen LogP contribution in [0, 0.1) is 0 Å². The fraction of sp³-hybridized carbons (Fsp3) is 0.412. The van der Waals surface area contributed by atoms with Crippen molar-refractivity contribution < 1.29 is 15.0 Å². The van der Waals surface area contributed by atoms with E-state index in [1.54, 1.807) is 24.1 Å². The second kappa shape index (κ2) is 6.42. The normalized spacial score (nSPS) is 15.4. The van der Waals surface area contributed by atoms with Crippen molar-refractivity contribution in [3.05, 3.63) is 46.8 Å². The van der Waals surface area contributed by atoms with E-state index in [2.05, 4.69) is 10.2 Å². The maximum absolute atomic E-state index is 11.7. The average Bonchev–Trinajstić information content (AvgIpc) is 2.92.